The smallest absolute Gasteiger partial charge is 0.0167 e. The van der Waals surface area contributed by atoms with E-state index in [1.165, 1.54) is 34.1 Å². The van der Waals surface area contributed by atoms with Gasteiger partial charge in [-0.2, -0.15) is 0 Å². The molecule has 2 heteroatoms. The third kappa shape index (κ3) is 2.82. The molecule has 0 amide bonds. The van der Waals surface area contributed by atoms with Crippen LogP contribution in [0.15, 0.2) is 29.8 Å². The van der Waals surface area contributed by atoms with Gasteiger partial charge in [0.2, 0.25) is 0 Å². The molecule has 1 saturated heterocycles. The molecular formula is C12H14IN. The van der Waals surface area contributed by atoms with Crippen LogP contribution in [0, 0.1) is 3.57 Å². The van der Waals surface area contributed by atoms with E-state index in [9.17, 15) is 0 Å². The molecule has 1 aromatic carbocycles. The maximum Gasteiger partial charge on any atom is 0.0167 e. The van der Waals surface area contributed by atoms with E-state index in [1.807, 2.05) is 0 Å². The molecule has 0 unspecified atom stereocenters. The molecule has 0 saturated carbocycles. The lowest BCUT2D eigenvalue weighted by Crippen LogP contribution is -2.23. The summed E-state index contributed by atoms with van der Waals surface area (Å²) in [5, 5.41) is 3.40. The van der Waals surface area contributed by atoms with Gasteiger partial charge in [-0.15, -0.1) is 0 Å². The van der Waals surface area contributed by atoms with Crippen molar-refractivity contribution in [2.45, 2.75) is 12.8 Å². The zero-order valence-electron chi connectivity index (χ0n) is 8.09. The second-order valence-electron chi connectivity index (χ2n) is 3.63. The Labute approximate surface area is 98.7 Å². The van der Waals surface area contributed by atoms with Crippen molar-refractivity contribution in [3.63, 3.8) is 0 Å². The van der Waals surface area contributed by atoms with Crippen LogP contribution in [-0.2, 0) is 0 Å². The SMILES string of the molecule is Ic1ccc(C=C2CCCNC2)cc1. The molecule has 0 bridgehead atoms. The summed E-state index contributed by atoms with van der Waals surface area (Å²) in [6, 6.07) is 8.68. The summed E-state index contributed by atoms with van der Waals surface area (Å²) in [5.41, 5.74) is 2.85. The molecular weight excluding hydrogens is 285 g/mol. The minimum absolute atomic E-state index is 1.06. The first kappa shape index (κ1) is 10.2. The number of hydrogen-bond acceptors (Lipinski definition) is 1. The van der Waals surface area contributed by atoms with Gasteiger partial charge in [0.1, 0.15) is 0 Å². The molecule has 1 aliphatic rings. The Bertz CT molecular complexity index is 319. The number of halogens is 1. The molecule has 1 aromatic rings. The van der Waals surface area contributed by atoms with Crippen LogP contribution in [0.5, 0.6) is 0 Å². The van der Waals surface area contributed by atoms with E-state index in [4.69, 9.17) is 0 Å². The lowest BCUT2D eigenvalue weighted by Gasteiger charge is -2.15. The van der Waals surface area contributed by atoms with Crippen LogP contribution < -0.4 is 5.32 Å². The first-order valence-corrected chi connectivity index (χ1v) is 6.08. The summed E-state index contributed by atoms with van der Waals surface area (Å²) >= 11 is 2.33. The Morgan fingerprint density at radius 2 is 2.00 bits per heavy atom. The van der Waals surface area contributed by atoms with Crippen LogP contribution in [0.4, 0.5) is 0 Å². The largest absolute Gasteiger partial charge is 0.313 e. The van der Waals surface area contributed by atoms with Crippen molar-refractivity contribution < 1.29 is 0 Å². The van der Waals surface area contributed by atoms with Crippen molar-refractivity contribution in [1.29, 1.82) is 0 Å². The fourth-order valence-electron chi connectivity index (χ4n) is 1.70. The topological polar surface area (TPSA) is 12.0 Å². The second-order valence-corrected chi connectivity index (χ2v) is 4.88. The molecule has 2 rings (SSSR count). The van der Waals surface area contributed by atoms with Crippen LogP contribution in [0.25, 0.3) is 6.08 Å². The fraction of sp³-hybridized carbons (Fsp3) is 0.333. The molecule has 1 nitrogen and oxygen atoms in total. The van der Waals surface area contributed by atoms with Crippen LogP contribution in [0.2, 0.25) is 0 Å². The van der Waals surface area contributed by atoms with E-state index in [0.717, 1.165) is 6.54 Å². The molecule has 0 aromatic heterocycles. The predicted molar refractivity (Wildman–Crippen MR) is 69.2 cm³/mol. The van der Waals surface area contributed by atoms with Crippen molar-refractivity contribution in [2.24, 2.45) is 0 Å². The standard InChI is InChI=1S/C12H14IN/c13-12-5-3-10(4-6-12)8-11-2-1-7-14-9-11/h3-6,8,14H,1-2,7,9H2. The summed E-state index contributed by atoms with van der Waals surface area (Å²) in [4.78, 5) is 0. The zero-order valence-corrected chi connectivity index (χ0v) is 10.3. The maximum absolute atomic E-state index is 3.40. The van der Waals surface area contributed by atoms with Crippen molar-refractivity contribution >= 4 is 28.7 Å². The average molecular weight is 299 g/mol. The van der Waals surface area contributed by atoms with Crippen LogP contribution in [-0.4, -0.2) is 13.1 Å². The number of rotatable bonds is 1. The average Bonchev–Trinajstić information content (AvgIpc) is 2.23. The molecule has 0 spiro atoms. The third-order valence-electron chi connectivity index (χ3n) is 2.44. The van der Waals surface area contributed by atoms with Gasteiger partial charge in [0.15, 0.2) is 0 Å². The molecule has 1 N–H and O–H groups in total. The highest BCUT2D eigenvalue weighted by atomic mass is 127. The van der Waals surface area contributed by atoms with E-state index >= 15 is 0 Å². The lowest BCUT2D eigenvalue weighted by molar-refractivity contribution is 0.613. The quantitative estimate of drug-likeness (QED) is 0.786. The van der Waals surface area contributed by atoms with Crippen molar-refractivity contribution in [3.8, 4) is 0 Å². The Morgan fingerprint density at radius 3 is 2.64 bits per heavy atom. The zero-order chi connectivity index (χ0) is 9.80. The van der Waals surface area contributed by atoms with Gasteiger partial charge < -0.3 is 5.32 Å². The minimum Gasteiger partial charge on any atom is -0.313 e. The van der Waals surface area contributed by atoms with Gasteiger partial charge in [-0.3, -0.25) is 0 Å². The first-order chi connectivity index (χ1) is 6.84. The number of benzene rings is 1. The summed E-state index contributed by atoms with van der Waals surface area (Å²) < 4.78 is 1.30. The monoisotopic (exact) mass is 299 g/mol. The van der Waals surface area contributed by atoms with Gasteiger partial charge in [0.05, 0.1) is 0 Å². The highest BCUT2D eigenvalue weighted by Gasteiger charge is 2.03. The summed E-state index contributed by atoms with van der Waals surface area (Å²) in [7, 11) is 0. The molecule has 1 heterocycles. The Balaban J connectivity index is 2.11. The fourth-order valence-corrected chi connectivity index (χ4v) is 2.06. The highest BCUT2D eigenvalue weighted by molar-refractivity contribution is 14.1. The molecule has 0 aliphatic carbocycles. The molecule has 14 heavy (non-hydrogen) atoms. The van der Waals surface area contributed by atoms with Gasteiger partial charge in [-0.25, -0.2) is 0 Å². The highest BCUT2D eigenvalue weighted by Crippen LogP contribution is 2.14. The van der Waals surface area contributed by atoms with Gasteiger partial charge in [0, 0.05) is 10.1 Å². The van der Waals surface area contributed by atoms with E-state index in [0.29, 0.717) is 0 Å². The lowest BCUT2D eigenvalue weighted by atomic mass is 10.0. The number of hydrogen-bond donors (Lipinski definition) is 1. The Morgan fingerprint density at radius 1 is 1.21 bits per heavy atom. The van der Waals surface area contributed by atoms with E-state index in [1.54, 1.807) is 0 Å². The normalized spacial score (nSPS) is 19.9. The van der Waals surface area contributed by atoms with Gasteiger partial charge in [-0.05, 0) is 59.7 Å². The molecule has 0 radical (unpaired) electrons. The maximum atomic E-state index is 3.40. The predicted octanol–water partition coefficient (Wildman–Crippen LogP) is 3.06. The van der Waals surface area contributed by atoms with E-state index in [-0.39, 0.29) is 0 Å². The number of piperidine rings is 1. The van der Waals surface area contributed by atoms with Crippen LogP contribution >= 0.6 is 22.6 Å². The van der Waals surface area contributed by atoms with E-state index < -0.39 is 0 Å². The van der Waals surface area contributed by atoms with Gasteiger partial charge in [0.25, 0.3) is 0 Å². The number of nitrogens with one attached hydrogen (secondary N) is 1. The Hall–Kier alpha value is -0.350. The molecule has 0 atom stereocenters. The summed E-state index contributed by atoms with van der Waals surface area (Å²) in [5.74, 6) is 0. The summed E-state index contributed by atoms with van der Waals surface area (Å²) in [6.07, 6.45) is 4.83. The van der Waals surface area contributed by atoms with Gasteiger partial charge in [-0.1, -0.05) is 23.8 Å². The molecule has 1 aliphatic heterocycles. The summed E-state index contributed by atoms with van der Waals surface area (Å²) in [6.45, 7) is 2.23. The van der Waals surface area contributed by atoms with E-state index in [2.05, 4.69) is 58.2 Å². The second kappa shape index (κ2) is 4.94. The molecule has 74 valence electrons. The van der Waals surface area contributed by atoms with Crippen LogP contribution in [0.3, 0.4) is 0 Å². The van der Waals surface area contributed by atoms with Crippen LogP contribution in [0.1, 0.15) is 18.4 Å². The minimum atomic E-state index is 1.06. The van der Waals surface area contributed by atoms with Crippen molar-refractivity contribution in [2.75, 3.05) is 13.1 Å². The van der Waals surface area contributed by atoms with Gasteiger partial charge >= 0.3 is 0 Å². The third-order valence-corrected chi connectivity index (χ3v) is 3.16. The first-order valence-electron chi connectivity index (χ1n) is 5.00. The van der Waals surface area contributed by atoms with Crippen molar-refractivity contribution in [3.05, 3.63) is 39.0 Å². The molecule has 1 fully saturated rings. The Kier molecular flexibility index (Phi) is 3.59. The van der Waals surface area contributed by atoms with Crippen molar-refractivity contribution in [1.82, 2.24) is 5.32 Å².